The molecular formula is C17H22FNO2. The molecule has 1 aromatic rings. The van der Waals surface area contributed by atoms with Crippen LogP contribution in [0.25, 0.3) is 0 Å². The number of hydrogen-bond acceptors (Lipinski definition) is 2. The van der Waals surface area contributed by atoms with E-state index in [1.54, 1.807) is 18.2 Å². The van der Waals surface area contributed by atoms with E-state index in [9.17, 15) is 14.3 Å². The van der Waals surface area contributed by atoms with Crippen LogP contribution in [-0.2, 0) is 4.79 Å². The van der Waals surface area contributed by atoms with Crippen LogP contribution in [0.5, 0.6) is 0 Å². The number of rotatable bonds is 5. The first-order valence-electron chi connectivity index (χ1n) is 7.87. The lowest BCUT2D eigenvalue weighted by atomic mass is 10.0. The van der Waals surface area contributed by atoms with Gasteiger partial charge in [-0.25, -0.2) is 4.39 Å². The highest BCUT2D eigenvalue weighted by molar-refractivity contribution is 5.82. The Labute approximate surface area is 124 Å². The van der Waals surface area contributed by atoms with Crippen LogP contribution in [0.4, 0.5) is 4.39 Å². The fraction of sp³-hybridized carbons (Fsp3) is 0.588. The molecule has 0 spiro atoms. The van der Waals surface area contributed by atoms with E-state index in [-0.39, 0.29) is 23.6 Å². The highest BCUT2D eigenvalue weighted by atomic mass is 19.1. The molecule has 0 bridgehead atoms. The maximum Gasteiger partial charge on any atom is 0.223 e. The molecule has 1 aromatic carbocycles. The summed E-state index contributed by atoms with van der Waals surface area (Å²) in [7, 11) is 0. The van der Waals surface area contributed by atoms with Crippen molar-refractivity contribution in [2.75, 3.05) is 6.54 Å². The van der Waals surface area contributed by atoms with Crippen LogP contribution in [0.1, 0.15) is 43.6 Å². The van der Waals surface area contributed by atoms with Crippen molar-refractivity contribution >= 4 is 5.91 Å². The van der Waals surface area contributed by atoms with Gasteiger partial charge >= 0.3 is 0 Å². The number of aliphatic hydroxyl groups is 1. The smallest absolute Gasteiger partial charge is 0.223 e. The van der Waals surface area contributed by atoms with Crippen LogP contribution in [0, 0.1) is 17.7 Å². The van der Waals surface area contributed by atoms with Crippen molar-refractivity contribution in [1.82, 2.24) is 5.32 Å². The Balaban J connectivity index is 1.48. The van der Waals surface area contributed by atoms with Gasteiger partial charge in [-0.3, -0.25) is 4.79 Å². The summed E-state index contributed by atoms with van der Waals surface area (Å²) in [6.45, 7) is 0.323. The topological polar surface area (TPSA) is 49.3 Å². The number of carbonyl (C=O) groups is 1. The van der Waals surface area contributed by atoms with E-state index in [1.807, 2.05) is 0 Å². The molecule has 4 heteroatoms. The molecular weight excluding hydrogens is 269 g/mol. The predicted molar refractivity (Wildman–Crippen MR) is 78.2 cm³/mol. The van der Waals surface area contributed by atoms with Crippen LogP contribution >= 0.6 is 0 Å². The first-order chi connectivity index (χ1) is 10.2. The van der Waals surface area contributed by atoms with Gasteiger partial charge in [0, 0.05) is 12.5 Å². The predicted octanol–water partition coefficient (Wildman–Crippen LogP) is 2.60. The summed E-state index contributed by atoms with van der Waals surface area (Å²) in [6, 6.07) is 6.65. The molecule has 0 heterocycles. The minimum absolute atomic E-state index is 0.00479. The van der Waals surface area contributed by atoms with Crippen LogP contribution in [0.15, 0.2) is 24.3 Å². The Morgan fingerprint density at radius 3 is 2.76 bits per heavy atom. The summed E-state index contributed by atoms with van der Waals surface area (Å²) < 4.78 is 13.7. The van der Waals surface area contributed by atoms with Gasteiger partial charge in [-0.2, -0.15) is 0 Å². The zero-order valence-electron chi connectivity index (χ0n) is 12.1. The number of hydrogen-bond donors (Lipinski definition) is 2. The van der Waals surface area contributed by atoms with Gasteiger partial charge in [0.1, 0.15) is 5.82 Å². The molecule has 2 fully saturated rings. The highest BCUT2D eigenvalue weighted by Crippen LogP contribution is 2.48. The lowest BCUT2D eigenvalue weighted by Gasteiger charge is -2.18. The SMILES string of the molecule is O=C(NCC(O)C1CCCC1)C1CC1c1ccccc1F. The first kappa shape index (κ1) is 14.5. The van der Waals surface area contributed by atoms with Gasteiger partial charge in [-0.1, -0.05) is 31.0 Å². The Kier molecular flexibility index (Phi) is 4.24. The van der Waals surface area contributed by atoms with E-state index >= 15 is 0 Å². The van der Waals surface area contributed by atoms with Crippen molar-refractivity contribution in [2.45, 2.75) is 44.1 Å². The van der Waals surface area contributed by atoms with E-state index in [4.69, 9.17) is 0 Å². The molecule has 0 aromatic heterocycles. The van der Waals surface area contributed by atoms with Crippen LogP contribution < -0.4 is 5.32 Å². The molecule has 1 amide bonds. The lowest BCUT2D eigenvalue weighted by Crippen LogP contribution is -2.36. The normalized spacial score (nSPS) is 26.6. The van der Waals surface area contributed by atoms with E-state index in [0.717, 1.165) is 12.8 Å². The molecule has 3 nitrogen and oxygen atoms in total. The Morgan fingerprint density at radius 2 is 2.05 bits per heavy atom. The minimum atomic E-state index is -0.442. The maximum absolute atomic E-state index is 13.7. The quantitative estimate of drug-likeness (QED) is 0.876. The van der Waals surface area contributed by atoms with E-state index < -0.39 is 6.10 Å². The van der Waals surface area contributed by atoms with Crippen molar-refractivity contribution in [2.24, 2.45) is 11.8 Å². The van der Waals surface area contributed by atoms with Gasteiger partial charge in [-0.05, 0) is 42.7 Å². The largest absolute Gasteiger partial charge is 0.391 e. The molecule has 114 valence electrons. The Morgan fingerprint density at radius 1 is 1.33 bits per heavy atom. The molecule has 0 saturated heterocycles. The van der Waals surface area contributed by atoms with E-state index in [1.165, 1.54) is 18.9 Å². The van der Waals surface area contributed by atoms with Crippen molar-refractivity contribution < 1.29 is 14.3 Å². The van der Waals surface area contributed by atoms with Crippen LogP contribution in [0.2, 0.25) is 0 Å². The third-order valence-electron chi connectivity index (χ3n) is 4.86. The van der Waals surface area contributed by atoms with Gasteiger partial charge in [0.05, 0.1) is 6.10 Å². The average Bonchev–Trinajstić information content (AvgIpc) is 3.08. The fourth-order valence-corrected chi connectivity index (χ4v) is 3.45. The van der Waals surface area contributed by atoms with E-state index in [2.05, 4.69) is 5.32 Å². The zero-order chi connectivity index (χ0) is 14.8. The summed E-state index contributed by atoms with van der Waals surface area (Å²) in [5, 5.41) is 12.9. The molecule has 3 atom stereocenters. The second kappa shape index (κ2) is 6.14. The first-order valence-corrected chi connectivity index (χ1v) is 7.87. The minimum Gasteiger partial charge on any atom is -0.391 e. The standard InChI is InChI=1S/C17H22FNO2/c18-15-8-4-3-7-12(15)13-9-14(13)17(21)19-10-16(20)11-5-1-2-6-11/h3-4,7-8,11,13-14,16,20H,1-2,5-6,9-10H2,(H,19,21). The molecule has 2 saturated carbocycles. The van der Waals surface area contributed by atoms with Crippen molar-refractivity contribution in [3.8, 4) is 0 Å². The number of benzene rings is 1. The second-order valence-corrected chi connectivity index (χ2v) is 6.33. The van der Waals surface area contributed by atoms with Gasteiger partial charge in [0.2, 0.25) is 5.91 Å². The number of carbonyl (C=O) groups excluding carboxylic acids is 1. The Hall–Kier alpha value is -1.42. The number of aliphatic hydroxyl groups excluding tert-OH is 1. The molecule has 0 aliphatic heterocycles. The molecule has 3 unspecified atom stereocenters. The van der Waals surface area contributed by atoms with Crippen LogP contribution in [-0.4, -0.2) is 23.7 Å². The number of amides is 1. The van der Waals surface area contributed by atoms with E-state index in [0.29, 0.717) is 24.4 Å². The number of nitrogens with one attached hydrogen (secondary N) is 1. The molecule has 2 N–H and O–H groups in total. The second-order valence-electron chi connectivity index (χ2n) is 6.33. The molecule has 21 heavy (non-hydrogen) atoms. The summed E-state index contributed by atoms with van der Waals surface area (Å²) >= 11 is 0. The van der Waals surface area contributed by atoms with Gasteiger partial charge in [-0.15, -0.1) is 0 Å². The zero-order valence-corrected chi connectivity index (χ0v) is 12.1. The molecule has 3 rings (SSSR count). The summed E-state index contributed by atoms with van der Waals surface area (Å²) in [5.41, 5.74) is 0.633. The van der Waals surface area contributed by atoms with Gasteiger partial charge in [0.25, 0.3) is 0 Å². The fourth-order valence-electron chi connectivity index (χ4n) is 3.45. The van der Waals surface area contributed by atoms with Crippen molar-refractivity contribution in [1.29, 1.82) is 0 Å². The Bertz CT molecular complexity index is 513. The molecule has 0 radical (unpaired) electrons. The third kappa shape index (κ3) is 3.26. The summed E-state index contributed by atoms with van der Waals surface area (Å²) in [4.78, 5) is 12.1. The monoisotopic (exact) mass is 291 g/mol. The lowest BCUT2D eigenvalue weighted by molar-refractivity contribution is -0.123. The average molecular weight is 291 g/mol. The highest BCUT2D eigenvalue weighted by Gasteiger charge is 2.45. The summed E-state index contributed by atoms with van der Waals surface area (Å²) in [6.07, 6.45) is 4.71. The molecule has 2 aliphatic rings. The third-order valence-corrected chi connectivity index (χ3v) is 4.86. The molecule has 2 aliphatic carbocycles. The maximum atomic E-state index is 13.7. The van der Waals surface area contributed by atoms with Crippen molar-refractivity contribution in [3.63, 3.8) is 0 Å². The number of halogens is 1. The summed E-state index contributed by atoms with van der Waals surface area (Å²) in [5.74, 6) is -0.108. The van der Waals surface area contributed by atoms with Gasteiger partial charge in [0.15, 0.2) is 0 Å². The van der Waals surface area contributed by atoms with Gasteiger partial charge < -0.3 is 10.4 Å². The van der Waals surface area contributed by atoms with Crippen LogP contribution in [0.3, 0.4) is 0 Å². The van der Waals surface area contributed by atoms with Crippen molar-refractivity contribution in [3.05, 3.63) is 35.6 Å².